The number of nitrogens with two attached hydrogens (primary N) is 2. The van der Waals surface area contributed by atoms with E-state index in [1.807, 2.05) is 18.2 Å². The van der Waals surface area contributed by atoms with E-state index in [4.69, 9.17) is 16.6 Å². The number of carbonyl (C=O) groups excluding carboxylic acids is 6. The Morgan fingerprint density at radius 1 is 0.731 bits per heavy atom. The van der Waals surface area contributed by atoms with Crippen molar-refractivity contribution in [3.63, 3.8) is 0 Å². The lowest BCUT2D eigenvalue weighted by Gasteiger charge is -2.28. The van der Waals surface area contributed by atoms with Crippen LogP contribution in [0.4, 0.5) is 0 Å². The first kappa shape index (κ1) is 42.6. The summed E-state index contributed by atoms with van der Waals surface area (Å²) in [6.45, 7) is 6.10. The van der Waals surface area contributed by atoms with Crippen molar-refractivity contribution in [3.05, 3.63) is 36.0 Å². The number of aromatic nitrogens is 1. The standard InChI is InChI=1S/C34H50N8O10/c1-17(2)13-24(33(51)41-25(31(49)38-16-28(46)47)14-19-15-37-22-8-6-5-7-20(19)22)40-32(50)23(10-12-27(44)45)39-34(52)29(18(3)4)42-30(48)21(35)9-11-26(36)43/h5-8,15,17-18,21,23-25,29,37H,9-14,16,35H2,1-4H3,(H2,36,43)(H,38,49)(H,39,52)(H,40,50)(H,41,51)(H,42,48)(H,44,45)(H,46,47). The van der Waals surface area contributed by atoms with Gasteiger partial charge in [0.05, 0.1) is 6.04 Å². The number of amides is 6. The molecule has 5 atom stereocenters. The van der Waals surface area contributed by atoms with E-state index in [2.05, 4.69) is 31.6 Å². The van der Waals surface area contributed by atoms with Crippen LogP contribution in [0, 0.1) is 11.8 Å². The summed E-state index contributed by atoms with van der Waals surface area (Å²) in [6.07, 6.45) is 0.565. The number of carboxylic acids is 2. The van der Waals surface area contributed by atoms with Gasteiger partial charge >= 0.3 is 11.9 Å². The average Bonchev–Trinajstić information content (AvgIpc) is 3.47. The fourth-order valence-corrected chi connectivity index (χ4v) is 5.29. The summed E-state index contributed by atoms with van der Waals surface area (Å²) in [5.41, 5.74) is 12.4. The molecule has 0 saturated carbocycles. The van der Waals surface area contributed by atoms with Gasteiger partial charge in [-0.1, -0.05) is 45.9 Å². The zero-order chi connectivity index (χ0) is 39.1. The van der Waals surface area contributed by atoms with Gasteiger partial charge in [0.15, 0.2) is 0 Å². The highest BCUT2D eigenvalue weighted by Gasteiger charge is 2.33. The Morgan fingerprint density at radius 2 is 1.35 bits per heavy atom. The predicted molar refractivity (Wildman–Crippen MR) is 188 cm³/mol. The molecule has 0 aliphatic heterocycles. The number of primary amides is 1. The topological polar surface area (TPSA) is 305 Å². The Morgan fingerprint density at radius 3 is 1.94 bits per heavy atom. The highest BCUT2D eigenvalue weighted by atomic mass is 16.4. The van der Waals surface area contributed by atoms with E-state index in [-0.39, 0.29) is 38.0 Å². The lowest BCUT2D eigenvalue weighted by Crippen LogP contribution is -2.60. The van der Waals surface area contributed by atoms with E-state index < -0.39 is 96.5 Å². The van der Waals surface area contributed by atoms with Gasteiger partial charge in [-0.25, -0.2) is 0 Å². The Kier molecular flexibility index (Phi) is 16.7. The van der Waals surface area contributed by atoms with Crippen LogP contribution in [0.25, 0.3) is 10.9 Å². The molecule has 18 heteroatoms. The van der Waals surface area contributed by atoms with Crippen molar-refractivity contribution in [1.82, 2.24) is 31.6 Å². The Bertz CT molecular complexity index is 1610. The number of aromatic amines is 1. The molecule has 52 heavy (non-hydrogen) atoms. The molecule has 5 unspecified atom stereocenters. The number of H-pyrrole nitrogens is 1. The third kappa shape index (κ3) is 14.0. The zero-order valence-corrected chi connectivity index (χ0v) is 29.7. The first-order valence-corrected chi connectivity index (χ1v) is 16.9. The van der Waals surface area contributed by atoms with Gasteiger partial charge in [-0.2, -0.15) is 0 Å². The summed E-state index contributed by atoms with van der Waals surface area (Å²) in [4.78, 5) is 103. The summed E-state index contributed by atoms with van der Waals surface area (Å²) in [5, 5.41) is 31.7. The number of nitrogens with one attached hydrogen (secondary N) is 6. The second-order valence-corrected chi connectivity index (χ2v) is 13.3. The molecule has 6 amide bonds. The number of hydrogen-bond acceptors (Lipinski definition) is 9. The van der Waals surface area contributed by atoms with Crippen molar-refractivity contribution < 1.29 is 48.6 Å². The third-order valence-electron chi connectivity index (χ3n) is 8.05. The van der Waals surface area contributed by atoms with Crippen LogP contribution in [0.15, 0.2) is 30.5 Å². The molecule has 1 aromatic carbocycles. The maximum Gasteiger partial charge on any atom is 0.322 e. The van der Waals surface area contributed by atoms with Crippen molar-refractivity contribution in [2.24, 2.45) is 23.3 Å². The van der Waals surface area contributed by atoms with Gasteiger partial charge in [0.1, 0.15) is 30.7 Å². The van der Waals surface area contributed by atoms with Crippen molar-refractivity contribution in [1.29, 1.82) is 0 Å². The third-order valence-corrected chi connectivity index (χ3v) is 8.05. The largest absolute Gasteiger partial charge is 0.481 e. The molecular weight excluding hydrogens is 680 g/mol. The fraction of sp³-hybridized carbons (Fsp3) is 0.529. The molecule has 0 radical (unpaired) electrons. The lowest BCUT2D eigenvalue weighted by molar-refractivity contribution is -0.139. The van der Waals surface area contributed by atoms with Gasteiger partial charge in [0.2, 0.25) is 35.4 Å². The maximum absolute atomic E-state index is 13.7. The summed E-state index contributed by atoms with van der Waals surface area (Å²) >= 11 is 0. The van der Waals surface area contributed by atoms with E-state index in [1.165, 1.54) is 0 Å². The van der Waals surface area contributed by atoms with Gasteiger partial charge in [-0.3, -0.25) is 38.4 Å². The van der Waals surface area contributed by atoms with E-state index in [0.717, 1.165) is 10.9 Å². The molecule has 0 bridgehead atoms. The summed E-state index contributed by atoms with van der Waals surface area (Å²) in [6, 6.07) is 0.891. The Labute approximate surface area is 300 Å². The number of rotatable bonds is 22. The van der Waals surface area contributed by atoms with Crippen LogP contribution in [0.3, 0.4) is 0 Å². The van der Waals surface area contributed by atoms with Gasteiger partial charge in [0.25, 0.3) is 0 Å². The van der Waals surface area contributed by atoms with Crippen LogP contribution in [0.2, 0.25) is 0 Å². The monoisotopic (exact) mass is 730 g/mol. The first-order chi connectivity index (χ1) is 24.4. The molecular formula is C34H50N8O10. The first-order valence-electron chi connectivity index (χ1n) is 16.9. The average molecular weight is 731 g/mol. The quantitative estimate of drug-likeness (QED) is 0.0701. The lowest BCUT2D eigenvalue weighted by atomic mass is 9.99. The van der Waals surface area contributed by atoms with Crippen LogP contribution in [0.1, 0.15) is 65.4 Å². The van der Waals surface area contributed by atoms with E-state index >= 15 is 0 Å². The minimum atomic E-state index is -1.46. The van der Waals surface area contributed by atoms with E-state index in [1.54, 1.807) is 40.0 Å². The summed E-state index contributed by atoms with van der Waals surface area (Å²) in [5.74, 6) is -7.93. The molecule has 1 heterocycles. The molecule has 12 N–H and O–H groups in total. The van der Waals surface area contributed by atoms with Gasteiger partial charge in [-0.15, -0.1) is 0 Å². The summed E-state index contributed by atoms with van der Waals surface area (Å²) < 4.78 is 0. The van der Waals surface area contributed by atoms with Crippen molar-refractivity contribution in [2.45, 2.75) is 96.4 Å². The fourth-order valence-electron chi connectivity index (χ4n) is 5.29. The highest BCUT2D eigenvalue weighted by Crippen LogP contribution is 2.19. The SMILES string of the molecule is CC(C)CC(NC(=O)C(CCC(=O)O)NC(=O)C(NC(=O)C(N)CCC(N)=O)C(C)C)C(=O)NC(Cc1c[nH]c2ccccc12)C(=O)NCC(=O)O. The molecule has 286 valence electrons. The molecule has 0 aliphatic carbocycles. The van der Waals surface area contributed by atoms with Gasteiger partial charge in [-0.05, 0) is 42.7 Å². The van der Waals surface area contributed by atoms with Crippen molar-refractivity contribution in [3.8, 4) is 0 Å². The normalized spacial score (nSPS) is 14.1. The molecule has 18 nitrogen and oxygen atoms in total. The molecule has 0 aliphatic rings. The molecule has 2 rings (SSSR count). The molecule has 0 spiro atoms. The number of benzene rings is 1. The minimum absolute atomic E-state index is 0.0324. The summed E-state index contributed by atoms with van der Waals surface area (Å²) in [7, 11) is 0. The van der Waals surface area contributed by atoms with Crippen molar-refractivity contribution in [2.75, 3.05) is 6.54 Å². The Balaban J connectivity index is 2.31. The van der Waals surface area contributed by atoms with Crippen LogP contribution in [-0.2, 0) is 44.8 Å². The number of para-hydroxylation sites is 1. The van der Waals surface area contributed by atoms with E-state index in [9.17, 15) is 43.5 Å². The molecule has 0 fully saturated rings. The number of carboxylic acid groups (broad SMARTS) is 2. The second-order valence-electron chi connectivity index (χ2n) is 13.3. The van der Waals surface area contributed by atoms with Crippen LogP contribution in [-0.4, -0.2) is 99.3 Å². The van der Waals surface area contributed by atoms with Crippen LogP contribution in [0.5, 0.6) is 0 Å². The second kappa shape index (κ2) is 20.4. The number of aliphatic carboxylic acids is 2. The maximum atomic E-state index is 13.7. The number of carbonyl (C=O) groups is 8. The van der Waals surface area contributed by atoms with Crippen molar-refractivity contribution >= 4 is 58.3 Å². The van der Waals surface area contributed by atoms with Crippen LogP contribution >= 0.6 is 0 Å². The Hall–Kier alpha value is -5.52. The molecule has 0 saturated heterocycles. The zero-order valence-electron chi connectivity index (χ0n) is 29.7. The van der Waals surface area contributed by atoms with E-state index in [0.29, 0.717) is 5.56 Å². The predicted octanol–water partition coefficient (Wildman–Crippen LogP) is -0.990. The highest BCUT2D eigenvalue weighted by molar-refractivity contribution is 5.97. The van der Waals surface area contributed by atoms with Gasteiger partial charge < -0.3 is 53.2 Å². The van der Waals surface area contributed by atoms with Gasteiger partial charge in [0, 0.05) is 36.4 Å². The molecule has 1 aromatic heterocycles. The number of fused-ring (bicyclic) bond motifs is 1. The number of hydrogen-bond donors (Lipinski definition) is 10. The van der Waals surface area contributed by atoms with Crippen LogP contribution < -0.4 is 38.1 Å². The minimum Gasteiger partial charge on any atom is -0.481 e. The molecule has 2 aromatic rings. The smallest absolute Gasteiger partial charge is 0.322 e.